The lowest BCUT2D eigenvalue weighted by molar-refractivity contribution is -0.113. The molecule has 27 heavy (non-hydrogen) atoms. The number of thioether (sulfide) groups is 1. The molecule has 0 saturated carbocycles. The number of nitrogens with zero attached hydrogens (tertiary/aromatic N) is 2. The topological polar surface area (TPSA) is 46.9 Å². The van der Waals surface area contributed by atoms with Gasteiger partial charge in [-0.05, 0) is 17.7 Å². The van der Waals surface area contributed by atoms with Crippen LogP contribution in [0.3, 0.4) is 0 Å². The number of aromatic nitrogens is 2. The summed E-state index contributed by atoms with van der Waals surface area (Å²) < 4.78 is 2.18. The van der Waals surface area contributed by atoms with Gasteiger partial charge in [-0.25, -0.2) is 4.98 Å². The molecular formula is C20H16ClN3OS2. The van der Waals surface area contributed by atoms with Crippen molar-refractivity contribution in [1.82, 2.24) is 9.55 Å². The number of hydrogen-bond donors (Lipinski definition) is 1. The lowest BCUT2D eigenvalue weighted by Gasteiger charge is -2.07. The van der Waals surface area contributed by atoms with Crippen LogP contribution in [0.15, 0.2) is 71.2 Å². The van der Waals surface area contributed by atoms with Crippen molar-refractivity contribution in [3.05, 3.63) is 76.9 Å². The van der Waals surface area contributed by atoms with Crippen LogP contribution in [0.4, 0.5) is 5.13 Å². The van der Waals surface area contributed by atoms with Crippen molar-refractivity contribution in [2.75, 3.05) is 11.1 Å². The highest BCUT2D eigenvalue weighted by Crippen LogP contribution is 2.31. The van der Waals surface area contributed by atoms with Gasteiger partial charge in [0.2, 0.25) is 5.91 Å². The van der Waals surface area contributed by atoms with Crippen LogP contribution in [0.2, 0.25) is 5.02 Å². The Morgan fingerprint density at radius 3 is 2.81 bits per heavy atom. The molecule has 0 atom stereocenters. The van der Waals surface area contributed by atoms with Crippen LogP contribution in [0, 0.1) is 0 Å². The number of para-hydroxylation sites is 1. The van der Waals surface area contributed by atoms with Crippen LogP contribution in [0.1, 0.15) is 5.56 Å². The average molecular weight is 414 g/mol. The molecule has 136 valence electrons. The maximum Gasteiger partial charge on any atom is 0.236 e. The Balaban J connectivity index is 1.54. The normalized spacial score (nSPS) is 11.0. The van der Waals surface area contributed by atoms with Gasteiger partial charge in [0.1, 0.15) is 0 Å². The number of fused-ring (bicyclic) bond motifs is 1. The van der Waals surface area contributed by atoms with E-state index < -0.39 is 0 Å². The van der Waals surface area contributed by atoms with Crippen LogP contribution in [0.5, 0.6) is 0 Å². The number of thiazole rings is 1. The highest BCUT2D eigenvalue weighted by atomic mass is 35.5. The highest BCUT2D eigenvalue weighted by molar-refractivity contribution is 8.00. The van der Waals surface area contributed by atoms with Gasteiger partial charge in [0.05, 0.1) is 5.75 Å². The summed E-state index contributed by atoms with van der Waals surface area (Å²) in [7, 11) is 0. The molecule has 4 rings (SSSR count). The molecule has 0 aliphatic heterocycles. The lowest BCUT2D eigenvalue weighted by atomic mass is 10.2. The molecule has 0 radical (unpaired) electrons. The van der Waals surface area contributed by atoms with Crippen LogP contribution >= 0.6 is 34.7 Å². The zero-order valence-electron chi connectivity index (χ0n) is 14.3. The van der Waals surface area contributed by atoms with Crippen molar-refractivity contribution in [3.8, 4) is 0 Å². The molecule has 7 heteroatoms. The third kappa shape index (κ3) is 4.18. The van der Waals surface area contributed by atoms with Crippen molar-refractivity contribution in [2.45, 2.75) is 11.4 Å². The van der Waals surface area contributed by atoms with E-state index in [0.717, 1.165) is 26.4 Å². The van der Waals surface area contributed by atoms with Gasteiger partial charge in [0.15, 0.2) is 5.13 Å². The van der Waals surface area contributed by atoms with E-state index in [9.17, 15) is 4.79 Å². The van der Waals surface area contributed by atoms with Crippen LogP contribution < -0.4 is 5.32 Å². The lowest BCUT2D eigenvalue weighted by Crippen LogP contribution is -2.13. The van der Waals surface area contributed by atoms with Crippen molar-refractivity contribution >= 4 is 56.6 Å². The number of rotatable bonds is 6. The summed E-state index contributed by atoms with van der Waals surface area (Å²) in [5.41, 5.74) is 2.19. The van der Waals surface area contributed by atoms with Crippen LogP contribution in [0.25, 0.3) is 10.9 Å². The molecule has 2 aromatic heterocycles. The molecule has 0 fully saturated rings. The molecule has 2 heterocycles. The SMILES string of the molecule is O=C(CSc1cn(Cc2ccccc2Cl)c2ccccc12)Nc1nccs1. The number of benzene rings is 2. The smallest absolute Gasteiger partial charge is 0.236 e. The molecule has 1 amide bonds. The monoisotopic (exact) mass is 413 g/mol. The van der Waals surface area contributed by atoms with E-state index >= 15 is 0 Å². The molecule has 0 aliphatic rings. The second kappa shape index (κ2) is 8.17. The first-order chi connectivity index (χ1) is 13.2. The van der Waals surface area contributed by atoms with E-state index in [2.05, 4.69) is 33.2 Å². The Morgan fingerprint density at radius 1 is 1.19 bits per heavy atom. The van der Waals surface area contributed by atoms with Gasteiger partial charge in [0, 0.05) is 45.1 Å². The second-order valence-corrected chi connectivity index (χ2v) is 8.22. The molecule has 1 N–H and O–H groups in total. The fourth-order valence-electron chi connectivity index (χ4n) is 2.85. The van der Waals surface area contributed by atoms with Gasteiger partial charge in [-0.15, -0.1) is 23.1 Å². The van der Waals surface area contributed by atoms with Gasteiger partial charge in [-0.2, -0.15) is 0 Å². The largest absolute Gasteiger partial charge is 0.342 e. The minimum absolute atomic E-state index is 0.0575. The van der Waals surface area contributed by atoms with E-state index in [1.165, 1.54) is 23.1 Å². The molecule has 4 aromatic rings. The Kier molecular flexibility index (Phi) is 5.48. The van der Waals surface area contributed by atoms with E-state index in [0.29, 0.717) is 17.4 Å². The summed E-state index contributed by atoms with van der Waals surface area (Å²) >= 11 is 9.27. The molecule has 0 bridgehead atoms. The van der Waals surface area contributed by atoms with E-state index in [4.69, 9.17) is 11.6 Å². The first-order valence-electron chi connectivity index (χ1n) is 8.34. The summed E-state index contributed by atoms with van der Waals surface area (Å²) in [4.78, 5) is 17.3. The molecule has 0 spiro atoms. The Morgan fingerprint density at radius 2 is 2.00 bits per heavy atom. The summed E-state index contributed by atoms with van der Waals surface area (Å²) in [5.74, 6) is 0.276. The fraction of sp³-hybridized carbons (Fsp3) is 0.100. The molecule has 0 aliphatic carbocycles. The Hall–Kier alpha value is -2.28. The van der Waals surface area contributed by atoms with Crippen LogP contribution in [-0.2, 0) is 11.3 Å². The van der Waals surface area contributed by atoms with Crippen LogP contribution in [-0.4, -0.2) is 21.2 Å². The molecule has 0 saturated heterocycles. The van der Waals surface area contributed by atoms with E-state index in [-0.39, 0.29) is 5.91 Å². The number of amides is 1. The number of anilines is 1. The van der Waals surface area contributed by atoms with Crippen molar-refractivity contribution in [1.29, 1.82) is 0 Å². The number of halogens is 1. The maximum absolute atomic E-state index is 12.2. The summed E-state index contributed by atoms with van der Waals surface area (Å²) in [5, 5.41) is 7.18. The van der Waals surface area contributed by atoms with Gasteiger partial charge < -0.3 is 9.88 Å². The molecule has 0 unspecified atom stereocenters. The van der Waals surface area contributed by atoms with Gasteiger partial charge in [-0.3, -0.25) is 4.79 Å². The van der Waals surface area contributed by atoms with Gasteiger partial charge >= 0.3 is 0 Å². The second-order valence-electron chi connectivity index (χ2n) is 5.90. The number of nitrogens with one attached hydrogen (secondary N) is 1. The zero-order valence-corrected chi connectivity index (χ0v) is 16.7. The Labute approximate surface area is 170 Å². The standard InChI is InChI=1S/C20H16ClN3OS2/c21-16-7-3-1-5-14(16)11-24-12-18(15-6-2-4-8-17(15)24)27-13-19(25)23-20-22-9-10-26-20/h1-10,12H,11,13H2,(H,22,23,25). The third-order valence-corrected chi connectivity index (χ3v) is 6.19. The number of hydrogen-bond acceptors (Lipinski definition) is 4. The van der Waals surface area contributed by atoms with Crippen molar-refractivity contribution in [2.24, 2.45) is 0 Å². The number of carbonyl (C=O) groups excluding carboxylic acids is 1. The molecule has 2 aromatic carbocycles. The summed E-state index contributed by atoms with van der Waals surface area (Å²) in [6.45, 7) is 0.687. The number of carbonyl (C=O) groups is 1. The van der Waals surface area contributed by atoms with E-state index in [1.807, 2.05) is 41.8 Å². The van der Waals surface area contributed by atoms with Gasteiger partial charge in [-0.1, -0.05) is 48.0 Å². The van der Waals surface area contributed by atoms with Crippen molar-refractivity contribution in [3.63, 3.8) is 0 Å². The first-order valence-corrected chi connectivity index (χ1v) is 10.6. The minimum atomic E-state index is -0.0575. The molecule has 4 nitrogen and oxygen atoms in total. The zero-order chi connectivity index (χ0) is 18.6. The predicted molar refractivity (Wildman–Crippen MR) is 114 cm³/mol. The predicted octanol–water partition coefficient (Wildman–Crippen LogP) is 5.53. The maximum atomic E-state index is 12.2. The first kappa shape index (κ1) is 18.1. The highest BCUT2D eigenvalue weighted by Gasteiger charge is 2.12. The van der Waals surface area contributed by atoms with E-state index in [1.54, 1.807) is 6.20 Å². The van der Waals surface area contributed by atoms with Crippen molar-refractivity contribution < 1.29 is 4.79 Å². The Bertz CT molecular complexity index is 1080. The molecular weight excluding hydrogens is 398 g/mol. The fourth-order valence-corrected chi connectivity index (χ4v) is 4.48. The summed E-state index contributed by atoms with van der Waals surface area (Å²) in [6, 6.07) is 16.1. The average Bonchev–Trinajstić information content (AvgIpc) is 3.30. The van der Waals surface area contributed by atoms with Gasteiger partial charge in [0.25, 0.3) is 0 Å². The third-order valence-electron chi connectivity index (χ3n) is 4.09. The quantitative estimate of drug-likeness (QED) is 0.423. The minimum Gasteiger partial charge on any atom is -0.342 e. The summed E-state index contributed by atoms with van der Waals surface area (Å²) in [6.07, 6.45) is 3.77.